The van der Waals surface area contributed by atoms with Crippen LogP contribution in [-0.4, -0.2) is 12.8 Å². The van der Waals surface area contributed by atoms with E-state index >= 15 is 0 Å². The van der Waals surface area contributed by atoms with Gasteiger partial charge in [0.15, 0.2) is 0 Å². The highest BCUT2D eigenvalue weighted by molar-refractivity contribution is 7.99. The van der Waals surface area contributed by atoms with Gasteiger partial charge in [0.05, 0.1) is 11.4 Å². The molecule has 72 valence electrons. The summed E-state index contributed by atoms with van der Waals surface area (Å²) in [5.41, 5.74) is 7.65. The molecule has 0 fully saturated rings. The van der Waals surface area contributed by atoms with E-state index in [1.807, 2.05) is 30.9 Å². The fourth-order valence-corrected chi connectivity index (χ4v) is 1.89. The smallest absolute Gasteiger partial charge is 0.0572 e. The summed E-state index contributed by atoms with van der Waals surface area (Å²) < 4.78 is 0. The van der Waals surface area contributed by atoms with Crippen LogP contribution in [-0.2, 0) is 0 Å². The maximum Gasteiger partial charge on any atom is 0.0572 e. The van der Waals surface area contributed by atoms with Crippen molar-refractivity contribution in [2.75, 3.05) is 23.9 Å². The first-order chi connectivity index (χ1) is 6.27. The number of nitrogen functional groups attached to an aromatic ring is 1. The monoisotopic (exact) mass is 196 g/mol. The number of thioether (sulfide) groups is 1. The van der Waals surface area contributed by atoms with Crippen molar-refractivity contribution in [3.63, 3.8) is 0 Å². The predicted molar refractivity (Wildman–Crippen MR) is 61.4 cm³/mol. The van der Waals surface area contributed by atoms with Crippen LogP contribution in [0.5, 0.6) is 0 Å². The Morgan fingerprint density at radius 1 is 1.46 bits per heavy atom. The zero-order valence-electron chi connectivity index (χ0n) is 8.13. The second kappa shape index (κ2) is 5.02. The van der Waals surface area contributed by atoms with Crippen molar-refractivity contribution >= 4 is 23.1 Å². The van der Waals surface area contributed by atoms with E-state index in [9.17, 15) is 0 Å². The van der Waals surface area contributed by atoms with Gasteiger partial charge in [-0.25, -0.2) is 0 Å². The van der Waals surface area contributed by atoms with Gasteiger partial charge in [0.2, 0.25) is 0 Å². The lowest BCUT2D eigenvalue weighted by molar-refractivity contribution is 1.10. The van der Waals surface area contributed by atoms with Gasteiger partial charge in [-0.3, -0.25) is 0 Å². The summed E-state index contributed by atoms with van der Waals surface area (Å²) in [6.45, 7) is 2.18. The first-order valence-electron chi connectivity index (χ1n) is 4.48. The van der Waals surface area contributed by atoms with Crippen LogP contribution in [0, 0.1) is 0 Å². The molecule has 0 saturated carbocycles. The molecule has 0 amide bonds. The fraction of sp³-hybridized carbons (Fsp3) is 0.400. The normalized spacial score (nSPS) is 10.0. The van der Waals surface area contributed by atoms with Crippen LogP contribution in [0.4, 0.5) is 11.4 Å². The fourth-order valence-electron chi connectivity index (χ4n) is 1.08. The summed E-state index contributed by atoms with van der Waals surface area (Å²) in [7, 11) is 1.88. The molecule has 1 rings (SSSR count). The van der Waals surface area contributed by atoms with E-state index in [4.69, 9.17) is 5.73 Å². The lowest BCUT2D eigenvalue weighted by Gasteiger charge is -2.06. The van der Waals surface area contributed by atoms with Crippen molar-refractivity contribution in [2.24, 2.45) is 0 Å². The highest BCUT2D eigenvalue weighted by Crippen LogP contribution is 2.26. The van der Waals surface area contributed by atoms with Crippen LogP contribution in [0.2, 0.25) is 0 Å². The summed E-state index contributed by atoms with van der Waals surface area (Å²) in [5.74, 6) is 1.15. The largest absolute Gasteiger partial charge is 0.397 e. The number of benzene rings is 1. The van der Waals surface area contributed by atoms with E-state index in [1.165, 1.54) is 11.3 Å². The zero-order valence-corrected chi connectivity index (χ0v) is 8.95. The van der Waals surface area contributed by atoms with Crippen LogP contribution in [0.3, 0.4) is 0 Å². The Bertz CT molecular complexity index is 274. The quantitative estimate of drug-likeness (QED) is 0.574. The van der Waals surface area contributed by atoms with E-state index in [2.05, 4.69) is 18.3 Å². The molecular formula is C10H16N2S. The molecule has 3 heteroatoms. The van der Waals surface area contributed by atoms with Gasteiger partial charge in [-0.2, -0.15) is 0 Å². The summed E-state index contributed by atoms with van der Waals surface area (Å²) in [5, 5.41) is 3.04. The minimum atomic E-state index is 0.823. The second-order valence-electron chi connectivity index (χ2n) is 2.85. The number of rotatable bonds is 4. The average Bonchev–Trinajstić information content (AvgIpc) is 2.15. The zero-order chi connectivity index (χ0) is 9.68. The predicted octanol–water partition coefficient (Wildman–Crippen LogP) is 2.81. The highest BCUT2D eigenvalue weighted by Gasteiger charge is 1.98. The molecule has 0 spiro atoms. The third kappa shape index (κ3) is 2.84. The molecule has 0 bridgehead atoms. The van der Waals surface area contributed by atoms with Gasteiger partial charge in [-0.05, 0) is 30.4 Å². The number of anilines is 2. The molecule has 0 aromatic heterocycles. The van der Waals surface area contributed by atoms with Crippen LogP contribution in [0.25, 0.3) is 0 Å². The lowest BCUT2D eigenvalue weighted by Crippen LogP contribution is -1.95. The maximum absolute atomic E-state index is 5.83. The molecule has 0 aliphatic rings. The van der Waals surface area contributed by atoms with Crippen LogP contribution in [0.15, 0.2) is 23.1 Å². The van der Waals surface area contributed by atoms with E-state index in [-0.39, 0.29) is 0 Å². The van der Waals surface area contributed by atoms with Crippen LogP contribution < -0.4 is 11.1 Å². The minimum Gasteiger partial charge on any atom is -0.397 e. The van der Waals surface area contributed by atoms with E-state index < -0.39 is 0 Å². The molecule has 13 heavy (non-hydrogen) atoms. The number of nitrogens with two attached hydrogens (primary N) is 1. The first kappa shape index (κ1) is 10.3. The van der Waals surface area contributed by atoms with Gasteiger partial charge >= 0.3 is 0 Å². The van der Waals surface area contributed by atoms with Crippen molar-refractivity contribution in [3.8, 4) is 0 Å². The minimum absolute atomic E-state index is 0.823. The third-order valence-electron chi connectivity index (χ3n) is 1.77. The highest BCUT2D eigenvalue weighted by atomic mass is 32.2. The average molecular weight is 196 g/mol. The summed E-state index contributed by atoms with van der Waals surface area (Å²) in [6.07, 6.45) is 1.19. The Balaban J connectivity index is 2.71. The summed E-state index contributed by atoms with van der Waals surface area (Å²) in [6, 6.07) is 6.14. The van der Waals surface area contributed by atoms with Crippen molar-refractivity contribution in [1.82, 2.24) is 0 Å². The molecular weight excluding hydrogens is 180 g/mol. The Kier molecular flexibility index (Phi) is 3.96. The molecule has 0 aliphatic carbocycles. The molecule has 0 aliphatic heterocycles. The number of nitrogens with one attached hydrogen (secondary N) is 1. The summed E-state index contributed by atoms with van der Waals surface area (Å²) >= 11 is 1.85. The van der Waals surface area contributed by atoms with Gasteiger partial charge in [-0.1, -0.05) is 6.92 Å². The van der Waals surface area contributed by atoms with Crippen LogP contribution in [0.1, 0.15) is 13.3 Å². The Labute approximate surface area is 83.9 Å². The van der Waals surface area contributed by atoms with Gasteiger partial charge in [0.25, 0.3) is 0 Å². The maximum atomic E-state index is 5.83. The van der Waals surface area contributed by atoms with Crippen molar-refractivity contribution in [3.05, 3.63) is 18.2 Å². The molecule has 1 aromatic carbocycles. The molecule has 1 aromatic rings. The molecule has 2 nitrogen and oxygen atoms in total. The molecule has 0 atom stereocenters. The molecule has 0 heterocycles. The Hall–Kier alpha value is -0.830. The van der Waals surface area contributed by atoms with E-state index in [1.54, 1.807) is 0 Å². The topological polar surface area (TPSA) is 38.0 Å². The van der Waals surface area contributed by atoms with Crippen molar-refractivity contribution < 1.29 is 0 Å². The Morgan fingerprint density at radius 3 is 2.77 bits per heavy atom. The third-order valence-corrected chi connectivity index (χ3v) is 2.96. The van der Waals surface area contributed by atoms with Gasteiger partial charge < -0.3 is 11.1 Å². The summed E-state index contributed by atoms with van der Waals surface area (Å²) in [4.78, 5) is 1.25. The van der Waals surface area contributed by atoms with Gasteiger partial charge in [0.1, 0.15) is 0 Å². The van der Waals surface area contributed by atoms with Gasteiger partial charge in [0, 0.05) is 11.9 Å². The number of hydrogen-bond acceptors (Lipinski definition) is 3. The Morgan fingerprint density at radius 2 is 2.23 bits per heavy atom. The van der Waals surface area contributed by atoms with Crippen LogP contribution >= 0.6 is 11.8 Å². The van der Waals surface area contributed by atoms with Gasteiger partial charge in [-0.15, -0.1) is 11.8 Å². The van der Waals surface area contributed by atoms with Crippen molar-refractivity contribution in [1.29, 1.82) is 0 Å². The molecule has 0 unspecified atom stereocenters. The first-order valence-corrected chi connectivity index (χ1v) is 5.46. The van der Waals surface area contributed by atoms with E-state index in [0.29, 0.717) is 0 Å². The standard InChI is InChI=1S/C10H16N2S/c1-3-6-13-8-4-5-10(12-2)9(11)7-8/h4-5,7,12H,3,6,11H2,1-2H3. The molecule has 0 saturated heterocycles. The SMILES string of the molecule is CCCSc1ccc(NC)c(N)c1. The molecule has 3 N–H and O–H groups in total. The number of hydrogen-bond donors (Lipinski definition) is 2. The second-order valence-corrected chi connectivity index (χ2v) is 4.02. The lowest BCUT2D eigenvalue weighted by atomic mass is 10.3. The van der Waals surface area contributed by atoms with Crippen molar-refractivity contribution in [2.45, 2.75) is 18.2 Å². The molecule has 0 radical (unpaired) electrons. The van der Waals surface area contributed by atoms with E-state index in [0.717, 1.165) is 17.1 Å².